The van der Waals surface area contributed by atoms with Gasteiger partial charge in [0.1, 0.15) is 11.5 Å². The maximum atomic E-state index is 11.1. The van der Waals surface area contributed by atoms with Crippen LogP contribution >= 0.6 is 0 Å². The molecule has 7 heteroatoms. The Balaban J connectivity index is 2.71. The predicted octanol–water partition coefficient (Wildman–Crippen LogP) is 2.11. The van der Waals surface area contributed by atoms with Crippen molar-refractivity contribution in [3.8, 4) is 17.6 Å². The Bertz CT molecular complexity index is 638. The molecule has 0 heterocycles. The van der Waals surface area contributed by atoms with Crippen LogP contribution in [0.1, 0.15) is 25.3 Å². The highest BCUT2D eigenvalue weighted by atomic mass is 32.2. The van der Waals surface area contributed by atoms with E-state index in [0.717, 1.165) is 18.2 Å². The van der Waals surface area contributed by atoms with Gasteiger partial charge in [0, 0.05) is 18.5 Å². The van der Waals surface area contributed by atoms with E-state index in [1.807, 2.05) is 19.1 Å². The van der Waals surface area contributed by atoms with Crippen LogP contribution in [0.25, 0.3) is 0 Å². The molecule has 1 atom stereocenters. The summed E-state index contributed by atoms with van der Waals surface area (Å²) in [7, 11) is -1.63. The first-order valence-corrected chi connectivity index (χ1v) is 9.42. The number of ether oxygens (including phenoxy) is 2. The van der Waals surface area contributed by atoms with Gasteiger partial charge in [-0.25, -0.2) is 13.1 Å². The summed E-state index contributed by atoms with van der Waals surface area (Å²) in [5, 5.41) is 8.96. The maximum Gasteiger partial charge on any atom is 0.208 e. The largest absolute Gasteiger partial charge is 0.497 e. The molecule has 0 aliphatic rings. The summed E-state index contributed by atoms with van der Waals surface area (Å²) in [5.41, 5.74) is 0.895. The average Bonchev–Trinajstić information content (AvgIpc) is 2.51. The zero-order chi connectivity index (χ0) is 17.3. The van der Waals surface area contributed by atoms with Gasteiger partial charge < -0.3 is 9.47 Å². The zero-order valence-corrected chi connectivity index (χ0v) is 14.6. The summed E-state index contributed by atoms with van der Waals surface area (Å²) < 4.78 is 35.7. The summed E-state index contributed by atoms with van der Waals surface area (Å²) in [5.74, 6) is 1.32. The van der Waals surface area contributed by atoms with E-state index in [9.17, 15) is 8.42 Å². The van der Waals surface area contributed by atoms with Crippen molar-refractivity contribution >= 4 is 10.0 Å². The van der Waals surface area contributed by atoms with Gasteiger partial charge in [-0.3, -0.25) is 0 Å². The fraction of sp³-hybridized carbons (Fsp3) is 0.562. The second-order valence-electron chi connectivity index (χ2n) is 5.26. The monoisotopic (exact) mass is 340 g/mol. The first kappa shape index (κ1) is 19.3. The lowest BCUT2D eigenvalue weighted by Crippen LogP contribution is -2.24. The molecule has 1 N–H and O–H groups in total. The van der Waals surface area contributed by atoms with Gasteiger partial charge in [-0.2, -0.15) is 5.26 Å². The smallest absolute Gasteiger partial charge is 0.208 e. The number of benzene rings is 1. The normalized spacial score (nSPS) is 12.4. The molecule has 6 nitrogen and oxygen atoms in total. The quantitative estimate of drug-likeness (QED) is 0.705. The van der Waals surface area contributed by atoms with Gasteiger partial charge in [0.15, 0.2) is 0 Å². The van der Waals surface area contributed by atoms with E-state index in [2.05, 4.69) is 10.8 Å². The van der Waals surface area contributed by atoms with Crippen LogP contribution in [0, 0.1) is 17.2 Å². The van der Waals surface area contributed by atoms with Crippen molar-refractivity contribution in [3.63, 3.8) is 0 Å². The Morgan fingerprint density at radius 2 is 2.13 bits per heavy atom. The van der Waals surface area contributed by atoms with Crippen molar-refractivity contribution in [2.75, 3.05) is 26.5 Å². The number of nitrogens with zero attached hydrogens (tertiary/aromatic N) is 1. The second-order valence-corrected chi connectivity index (χ2v) is 7.09. The molecule has 0 amide bonds. The highest BCUT2D eigenvalue weighted by Crippen LogP contribution is 2.25. The number of nitrogens with one attached hydrogen (secondary N) is 1. The number of hydrogen-bond acceptors (Lipinski definition) is 5. The molecule has 0 radical (unpaired) electrons. The fourth-order valence-electron chi connectivity index (χ4n) is 2.04. The van der Waals surface area contributed by atoms with E-state index in [1.165, 1.54) is 0 Å². The van der Waals surface area contributed by atoms with Gasteiger partial charge >= 0.3 is 0 Å². The van der Waals surface area contributed by atoms with Gasteiger partial charge in [-0.1, -0.05) is 13.0 Å². The standard InChI is InChI=1S/C16H24N2O4S/c1-4-13(12-17)8-10-22-16-11-15(21-2)6-5-14(16)7-9-18-23(3,19)20/h5-6,11,13,18H,4,7-10H2,1-3H3. The predicted molar refractivity (Wildman–Crippen MR) is 89.1 cm³/mol. The molecule has 1 unspecified atom stereocenters. The fourth-order valence-corrected chi connectivity index (χ4v) is 2.52. The highest BCUT2D eigenvalue weighted by Gasteiger charge is 2.10. The topological polar surface area (TPSA) is 88.4 Å². The Labute approximate surface area is 138 Å². The van der Waals surface area contributed by atoms with Crippen molar-refractivity contribution in [2.24, 2.45) is 5.92 Å². The van der Waals surface area contributed by atoms with E-state index in [0.29, 0.717) is 37.5 Å². The van der Waals surface area contributed by atoms with Gasteiger partial charge in [0.25, 0.3) is 0 Å². The molecule has 0 spiro atoms. The molecule has 0 bridgehead atoms. The van der Waals surface area contributed by atoms with E-state index in [-0.39, 0.29) is 5.92 Å². The van der Waals surface area contributed by atoms with Gasteiger partial charge in [0.05, 0.1) is 26.0 Å². The van der Waals surface area contributed by atoms with Gasteiger partial charge in [0.2, 0.25) is 10.0 Å². The Morgan fingerprint density at radius 1 is 1.39 bits per heavy atom. The summed E-state index contributed by atoms with van der Waals surface area (Å²) in [6, 6.07) is 7.70. The van der Waals surface area contributed by atoms with Crippen LogP contribution in [0.15, 0.2) is 18.2 Å². The number of nitriles is 1. The molecular weight excluding hydrogens is 316 g/mol. The molecule has 0 saturated carbocycles. The first-order chi connectivity index (χ1) is 10.9. The van der Waals surface area contributed by atoms with Crippen LogP contribution in [0.3, 0.4) is 0 Å². The second kappa shape index (κ2) is 9.38. The lowest BCUT2D eigenvalue weighted by molar-refractivity contribution is 0.287. The minimum atomic E-state index is -3.21. The Morgan fingerprint density at radius 3 is 2.70 bits per heavy atom. The van der Waals surface area contributed by atoms with E-state index < -0.39 is 10.0 Å². The minimum Gasteiger partial charge on any atom is -0.497 e. The lowest BCUT2D eigenvalue weighted by Gasteiger charge is -2.14. The highest BCUT2D eigenvalue weighted by molar-refractivity contribution is 7.88. The van der Waals surface area contributed by atoms with E-state index in [4.69, 9.17) is 14.7 Å². The van der Waals surface area contributed by atoms with Crippen molar-refractivity contribution in [2.45, 2.75) is 26.2 Å². The van der Waals surface area contributed by atoms with Crippen molar-refractivity contribution in [1.82, 2.24) is 4.72 Å². The summed E-state index contributed by atoms with van der Waals surface area (Å²) >= 11 is 0. The molecule has 0 saturated heterocycles. The summed E-state index contributed by atoms with van der Waals surface area (Å²) in [6.07, 6.45) is 3.10. The maximum absolute atomic E-state index is 11.1. The molecule has 0 aliphatic carbocycles. The average molecular weight is 340 g/mol. The molecular formula is C16H24N2O4S. The third kappa shape index (κ3) is 7.35. The van der Waals surface area contributed by atoms with Crippen LogP contribution in [0.5, 0.6) is 11.5 Å². The summed E-state index contributed by atoms with van der Waals surface area (Å²) in [6.45, 7) is 2.71. The van der Waals surface area contributed by atoms with E-state index in [1.54, 1.807) is 13.2 Å². The molecule has 1 rings (SSSR count). The van der Waals surface area contributed by atoms with Crippen LogP contribution in [-0.2, 0) is 16.4 Å². The Kier molecular flexibility index (Phi) is 7.86. The van der Waals surface area contributed by atoms with Crippen molar-refractivity contribution < 1.29 is 17.9 Å². The van der Waals surface area contributed by atoms with Gasteiger partial charge in [-0.15, -0.1) is 0 Å². The van der Waals surface area contributed by atoms with E-state index >= 15 is 0 Å². The minimum absolute atomic E-state index is 0.0176. The molecule has 23 heavy (non-hydrogen) atoms. The number of rotatable bonds is 10. The lowest BCUT2D eigenvalue weighted by atomic mass is 10.1. The first-order valence-electron chi connectivity index (χ1n) is 7.53. The number of sulfonamides is 1. The molecule has 0 fully saturated rings. The Hall–Kier alpha value is -1.78. The molecule has 0 aromatic heterocycles. The number of hydrogen-bond donors (Lipinski definition) is 1. The third-order valence-corrected chi connectivity index (χ3v) is 4.16. The van der Waals surface area contributed by atoms with Crippen LogP contribution < -0.4 is 14.2 Å². The molecule has 1 aromatic carbocycles. The SMILES string of the molecule is CCC(C#N)CCOc1cc(OC)ccc1CCNS(C)(=O)=O. The van der Waals surface area contributed by atoms with Crippen LogP contribution in [-0.4, -0.2) is 34.9 Å². The molecule has 1 aromatic rings. The summed E-state index contributed by atoms with van der Waals surface area (Å²) in [4.78, 5) is 0. The zero-order valence-electron chi connectivity index (χ0n) is 13.8. The third-order valence-electron chi connectivity index (χ3n) is 3.43. The molecule has 128 valence electrons. The van der Waals surface area contributed by atoms with Crippen LogP contribution in [0.2, 0.25) is 0 Å². The van der Waals surface area contributed by atoms with Gasteiger partial charge in [-0.05, 0) is 30.9 Å². The molecule has 0 aliphatic heterocycles. The number of methoxy groups -OCH3 is 1. The van der Waals surface area contributed by atoms with Crippen molar-refractivity contribution in [1.29, 1.82) is 5.26 Å². The van der Waals surface area contributed by atoms with Crippen LogP contribution in [0.4, 0.5) is 0 Å². The van der Waals surface area contributed by atoms with Crippen molar-refractivity contribution in [3.05, 3.63) is 23.8 Å².